The van der Waals surface area contributed by atoms with Crippen molar-refractivity contribution in [3.8, 4) is 0 Å². The molecule has 202 valence electrons. The number of cyclic esters (lactones) is 1. The molecule has 4 aromatic carbocycles. The monoisotopic (exact) mass is 537 g/mol. The summed E-state index contributed by atoms with van der Waals surface area (Å²) in [6, 6.07) is 28.5. The van der Waals surface area contributed by atoms with E-state index < -0.39 is 30.0 Å². The Morgan fingerprint density at radius 3 is 2.27 bits per heavy atom. The van der Waals surface area contributed by atoms with Gasteiger partial charge >= 0.3 is 6.09 Å². The number of rotatable bonds is 8. The minimum atomic E-state index is -1.02. The minimum Gasteiger partial charge on any atom is -0.438 e. The molecule has 0 aromatic heterocycles. The second-order valence-corrected chi connectivity index (χ2v) is 9.70. The normalized spacial score (nSPS) is 16.4. The zero-order valence-electron chi connectivity index (χ0n) is 21.8. The number of aryl methyl sites for hydroxylation is 1. The molecule has 7 nitrogen and oxygen atoms in total. The fraction of sp³-hybridized carbons (Fsp3) is 0.156. The number of nitrogens with one attached hydrogen (secondary N) is 2. The Morgan fingerprint density at radius 2 is 1.55 bits per heavy atom. The molecule has 4 aromatic rings. The Labute approximate surface area is 231 Å². The molecule has 2 unspecified atom stereocenters. The molecule has 0 saturated carbocycles. The minimum absolute atomic E-state index is 0.159. The van der Waals surface area contributed by atoms with Crippen LogP contribution in [0.1, 0.15) is 28.4 Å². The van der Waals surface area contributed by atoms with Crippen LogP contribution in [0.15, 0.2) is 103 Å². The fourth-order valence-electron chi connectivity index (χ4n) is 4.74. The number of nitrogens with zero attached hydrogens (tertiary/aromatic N) is 1. The number of hydrogen-bond donors (Lipinski definition) is 2. The molecule has 0 radical (unpaired) electrons. The van der Waals surface area contributed by atoms with Gasteiger partial charge in [-0.3, -0.25) is 14.5 Å². The summed E-state index contributed by atoms with van der Waals surface area (Å²) in [5.74, 6) is -1.16. The number of hydrogen-bond acceptors (Lipinski definition) is 4. The van der Waals surface area contributed by atoms with E-state index in [2.05, 4.69) is 10.6 Å². The highest BCUT2D eigenvalue weighted by Gasteiger charge is 2.47. The first-order chi connectivity index (χ1) is 19.4. The summed E-state index contributed by atoms with van der Waals surface area (Å²) in [6.45, 7) is 2.11. The number of carbonyl (C=O) groups is 3. The molecule has 1 aliphatic rings. The Kier molecular flexibility index (Phi) is 7.87. The number of carbonyl (C=O) groups excluding carboxylic acids is 3. The summed E-state index contributed by atoms with van der Waals surface area (Å²) in [4.78, 5) is 40.5. The van der Waals surface area contributed by atoms with Gasteiger partial charge in [0.15, 0.2) is 12.1 Å². The van der Waals surface area contributed by atoms with Gasteiger partial charge in [-0.2, -0.15) is 0 Å². The molecule has 1 heterocycles. The highest BCUT2D eigenvalue weighted by molar-refractivity contribution is 5.98. The lowest BCUT2D eigenvalue weighted by Crippen LogP contribution is -2.43. The number of halogens is 1. The van der Waals surface area contributed by atoms with Crippen molar-refractivity contribution in [2.24, 2.45) is 0 Å². The van der Waals surface area contributed by atoms with Gasteiger partial charge in [-0.1, -0.05) is 78.4 Å². The first kappa shape index (κ1) is 26.6. The SMILES string of the molecule is Cc1cccc(CN2C(=O)OC(c3ccc(NC(=O)Cc4ccccc4)cc3)C2C(=O)Nc2cccc(F)c2)c1. The van der Waals surface area contributed by atoms with Crippen LogP contribution in [0.4, 0.5) is 20.6 Å². The second kappa shape index (κ2) is 11.8. The summed E-state index contributed by atoms with van der Waals surface area (Å²) in [6.07, 6.45) is -1.31. The topological polar surface area (TPSA) is 87.7 Å². The summed E-state index contributed by atoms with van der Waals surface area (Å²) in [5.41, 5.74) is 4.20. The van der Waals surface area contributed by atoms with E-state index >= 15 is 0 Å². The average molecular weight is 538 g/mol. The molecule has 0 aliphatic carbocycles. The van der Waals surface area contributed by atoms with E-state index in [9.17, 15) is 18.8 Å². The Bertz CT molecular complexity index is 1520. The molecule has 2 atom stereocenters. The molecule has 1 aliphatic heterocycles. The van der Waals surface area contributed by atoms with Crippen LogP contribution in [0.5, 0.6) is 0 Å². The smallest absolute Gasteiger partial charge is 0.411 e. The van der Waals surface area contributed by atoms with Crippen molar-refractivity contribution < 1.29 is 23.5 Å². The van der Waals surface area contributed by atoms with Gasteiger partial charge in [-0.05, 0) is 53.9 Å². The quantitative estimate of drug-likeness (QED) is 0.288. The van der Waals surface area contributed by atoms with Crippen LogP contribution in [-0.4, -0.2) is 28.8 Å². The van der Waals surface area contributed by atoms with Crippen molar-refractivity contribution in [3.05, 3.63) is 131 Å². The maximum absolute atomic E-state index is 13.8. The third-order valence-corrected chi connectivity index (χ3v) is 6.61. The molecule has 1 fully saturated rings. The fourth-order valence-corrected chi connectivity index (χ4v) is 4.74. The average Bonchev–Trinajstić information content (AvgIpc) is 3.25. The van der Waals surface area contributed by atoms with Gasteiger partial charge in [-0.25, -0.2) is 9.18 Å². The molecule has 5 rings (SSSR count). The van der Waals surface area contributed by atoms with Gasteiger partial charge < -0.3 is 15.4 Å². The standard InChI is InChI=1S/C32H28FN3O4/c1-21-7-5-10-23(17-21)20-36-29(31(38)35-27-12-6-11-25(33)19-27)30(40-32(36)39)24-13-15-26(16-14-24)34-28(37)18-22-8-3-2-4-9-22/h2-17,19,29-30H,18,20H2,1H3,(H,34,37)(H,35,38). The number of amides is 3. The second-order valence-electron chi connectivity index (χ2n) is 9.70. The van der Waals surface area contributed by atoms with Crippen molar-refractivity contribution in [1.29, 1.82) is 0 Å². The van der Waals surface area contributed by atoms with E-state index in [0.29, 0.717) is 11.3 Å². The molecule has 0 bridgehead atoms. The highest BCUT2D eigenvalue weighted by Crippen LogP contribution is 2.35. The van der Waals surface area contributed by atoms with Crippen molar-refractivity contribution >= 4 is 29.3 Å². The predicted octanol–water partition coefficient (Wildman–Crippen LogP) is 6.02. The van der Waals surface area contributed by atoms with Gasteiger partial charge in [-0.15, -0.1) is 0 Å². The molecular weight excluding hydrogens is 509 g/mol. The van der Waals surface area contributed by atoms with Crippen LogP contribution in [-0.2, 0) is 27.3 Å². The van der Waals surface area contributed by atoms with E-state index in [1.165, 1.54) is 23.1 Å². The van der Waals surface area contributed by atoms with Crippen LogP contribution in [0.2, 0.25) is 0 Å². The largest absolute Gasteiger partial charge is 0.438 e. The van der Waals surface area contributed by atoms with Crippen LogP contribution in [0.25, 0.3) is 0 Å². The first-order valence-electron chi connectivity index (χ1n) is 12.9. The van der Waals surface area contributed by atoms with Crippen LogP contribution >= 0.6 is 0 Å². The molecule has 2 N–H and O–H groups in total. The maximum atomic E-state index is 13.8. The van der Waals surface area contributed by atoms with Crippen molar-refractivity contribution in [3.63, 3.8) is 0 Å². The van der Waals surface area contributed by atoms with Gasteiger partial charge in [0.1, 0.15) is 5.82 Å². The van der Waals surface area contributed by atoms with Gasteiger partial charge in [0.2, 0.25) is 5.91 Å². The third-order valence-electron chi connectivity index (χ3n) is 6.61. The lowest BCUT2D eigenvalue weighted by atomic mass is 10.00. The Morgan fingerprint density at radius 1 is 0.825 bits per heavy atom. The van der Waals surface area contributed by atoms with Gasteiger partial charge in [0.05, 0.1) is 13.0 Å². The van der Waals surface area contributed by atoms with E-state index in [1.54, 1.807) is 30.3 Å². The number of benzene rings is 4. The van der Waals surface area contributed by atoms with E-state index in [4.69, 9.17) is 4.74 Å². The third kappa shape index (κ3) is 6.35. The van der Waals surface area contributed by atoms with Gasteiger partial charge in [0, 0.05) is 11.4 Å². The lowest BCUT2D eigenvalue weighted by molar-refractivity contribution is -0.121. The molecule has 3 amide bonds. The van der Waals surface area contributed by atoms with Crippen molar-refractivity contribution in [2.75, 3.05) is 10.6 Å². The number of ether oxygens (including phenoxy) is 1. The summed E-state index contributed by atoms with van der Waals surface area (Å²) in [5, 5.41) is 5.59. The van der Waals surface area contributed by atoms with E-state index in [-0.39, 0.29) is 24.6 Å². The number of anilines is 2. The van der Waals surface area contributed by atoms with E-state index in [1.807, 2.05) is 61.5 Å². The van der Waals surface area contributed by atoms with Crippen molar-refractivity contribution in [1.82, 2.24) is 4.90 Å². The summed E-state index contributed by atoms with van der Waals surface area (Å²) in [7, 11) is 0. The zero-order valence-corrected chi connectivity index (χ0v) is 21.8. The maximum Gasteiger partial charge on any atom is 0.411 e. The van der Waals surface area contributed by atoms with Gasteiger partial charge in [0.25, 0.3) is 5.91 Å². The summed E-state index contributed by atoms with van der Waals surface area (Å²) < 4.78 is 19.5. The molecule has 40 heavy (non-hydrogen) atoms. The molecule has 8 heteroatoms. The first-order valence-corrected chi connectivity index (χ1v) is 12.9. The zero-order chi connectivity index (χ0) is 28.1. The molecule has 1 saturated heterocycles. The van der Waals surface area contributed by atoms with Crippen LogP contribution < -0.4 is 10.6 Å². The van der Waals surface area contributed by atoms with Crippen LogP contribution in [0.3, 0.4) is 0 Å². The Balaban J connectivity index is 1.37. The summed E-state index contributed by atoms with van der Waals surface area (Å²) >= 11 is 0. The van der Waals surface area contributed by atoms with Crippen LogP contribution in [0, 0.1) is 12.7 Å². The molecule has 0 spiro atoms. The molecular formula is C32H28FN3O4. The lowest BCUT2D eigenvalue weighted by Gasteiger charge is -2.24. The highest BCUT2D eigenvalue weighted by atomic mass is 19.1. The van der Waals surface area contributed by atoms with Crippen molar-refractivity contribution in [2.45, 2.75) is 32.0 Å². The Hall–Kier alpha value is -4.98. The van der Waals surface area contributed by atoms with E-state index in [0.717, 1.165) is 16.7 Å². The predicted molar refractivity (Wildman–Crippen MR) is 150 cm³/mol.